The van der Waals surface area contributed by atoms with Gasteiger partial charge in [0.05, 0.1) is 23.8 Å². The predicted molar refractivity (Wildman–Crippen MR) is 92.0 cm³/mol. The van der Waals surface area contributed by atoms with Gasteiger partial charge in [0, 0.05) is 19.3 Å². The number of ether oxygens (including phenoxy) is 1. The van der Waals surface area contributed by atoms with Gasteiger partial charge < -0.3 is 26.2 Å². The Morgan fingerprint density at radius 2 is 2.08 bits per heavy atom. The molecule has 1 amide bonds. The summed E-state index contributed by atoms with van der Waals surface area (Å²) in [5.74, 6) is 0.244. The van der Waals surface area contributed by atoms with E-state index in [9.17, 15) is 9.90 Å². The molecule has 1 aliphatic rings. The number of nitrogens with one attached hydrogen (secondary N) is 2. The number of rotatable bonds is 7. The van der Waals surface area contributed by atoms with E-state index < -0.39 is 11.4 Å². The lowest BCUT2D eigenvalue weighted by atomic mass is 9.93. The Labute approximate surface area is 142 Å². The van der Waals surface area contributed by atoms with Crippen LogP contribution in [-0.4, -0.2) is 52.4 Å². The summed E-state index contributed by atoms with van der Waals surface area (Å²) in [7, 11) is 1.61. The first kappa shape index (κ1) is 18.4. The monoisotopic (exact) mass is 337 g/mol. The molecule has 0 atom stereocenters. The van der Waals surface area contributed by atoms with E-state index in [0.29, 0.717) is 18.4 Å². The van der Waals surface area contributed by atoms with Gasteiger partial charge in [-0.1, -0.05) is 0 Å². The number of hydrogen-bond donors (Lipinski definition) is 4. The van der Waals surface area contributed by atoms with Gasteiger partial charge in [-0.05, 0) is 39.5 Å². The first-order valence-corrected chi connectivity index (χ1v) is 8.19. The summed E-state index contributed by atoms with van der Waals surface area (Å²) in [6.07, 6.45) is 4.47. The molecule has 0 aromatic carbocycles. The number of anilines is 2. The molecule has 0 spiro atoms. The molecule has 0 radical (unpaired) electrons. The highest BCUT2D eigenvalue weighted by atomic mass is 16.5. The van der Waals surface area contributed by atoms with Crippen molar-refractivity contribution in [3.8, 4) is 0 Å². The molecule has 0 unspecified atom stereocenters. The normalized spacial score (nSPS) is 21.3. The van der Waals surface area contributed by atoms with Gasteiger partial charge in [0.1, 0.15) is 5.82 Å². The second kappa shape index (κ2) is 7.76. The first-order valence-electron chi connectivity index (χ1n) is 8.19. The number of carbonyl (C=O) groups excluding carboxylic acids is 1. The number of primary amides is 1. The zero-order valence-corrected chi connectivity index (χ0v) is 14.5. The Morgan fingerprint density at radius 3 is 2.67 bits per heavy atom. The maximum absolute atomic E-state index is 11.6. The highest BCUT2D eigenvalue weighted by Gasteiger charge is 2.23. The van der Waals surface area contributed by atoms with Gasteiger partial charge in [0.2, 0.25) is 5.95 Å². The van der Waals surface area contributed by atoms with Crippen LogP contribution < -0.4 is 16.4 Å². The van der Waals surface area contributed by atoms with Gasteiger partial charge in [0.15, 0.2) is 0 Å². The number of amides is 1. The molecule has 0 aliphatic heterocycles. The zero-order chi connectivity index (χ0) is 17.7. The highest BCUT2D eigenvalue weighted by Crippen LogP contribution is 2.23. The molecule has 1 fully saturated rings. The van der Waals surface area contributed by atoms with Crippen molar-refractivity contribution >= 4 is 17.7 Å². The molecule has 1 saturated carbocycles. The summed E-state index contributed by atoms with van der Waals surface area (Å²) in [4.78, 5) is 20.2. The summed E-state index contributed by atoms with van der Waals surface area (Å²) in [6, 6.07) is 0.215. The number of aromatic nitrogens is 2. The molecule has 134 valence electrons. The smallest absolute Gasteiger partial charge is 0.254 e. The Hall–Kier alpha value is -1.93. The molecule has 1 aliphatic carbocycles. The minimum absolute atomic E-state index is 0.215. The SMILES string of the molecule is COCC(C)(C)Nc1nc(N[C@H]2CC[C@H](O)CC2)ncc1C(N)=O. The molecule has 0 bridgehead atoms. The average Bonchev–Trinajstić information content (AvgIpc) is 2.49. The Balaban J connectivity index is 2.16. The fourth-order valence-electron chi connectivity index (χ4n) is 2.85. The maximum atomic E-state index is 11.6. The third-order valence-corrected chi connectivity index (χ3v) is 4.05. The quantitative estimate of drug-likeness (QED) is 0.588. The van der Waals surface area contributed by atoms with Gasteiger partial charge in [-0.3, -0.25) is 4.79 Å². The molecule has 24 heavy (non-hydrogen) atoms. The van der Waals surface area contributed by atoms with Crippen LogP contribution >= 0.6 is 0 Å². The van der Waals surface area contributed by atoms with E-state index in [0.717, 1.165) is 25.7 Å². The van der Waals surface area contributed by atoms with E-state index in [-0.39, 0.29) is 17.7 Å². The fourth-order valence-corrected chi connectivity index (χ4v) is 2.85. The topological polar surface area (TPSA) is 122 Å². The standard InChI is InChI=1S/C16H27N5O3/c1-16(2,9-24-3)21-14-12(13(17)23)8-18-15(20-14)19-10-4-6-11(22)7-5-10/h8,10-11,22H,4-7,9H2,1-3H3,(H2,17,23)(H2,18,19,20,21)/t10-,11-. The molecule has 1 aromatic rings. The van der Waals surface area contributed by atoms with Crippen LogP contribution in [0.4, 0.5) is 11.8 Å². The van der Waals surface area contributed by atoms with Crippen LogP contribution in [-0.2, 0) is 4.74 Å². The third kappa shape index (κ3) is 5.04. The van der Waals surface area contributed by atoms with Crippen molar-refractivity contribution in [2.75, 3.05) is 24.4 Å². The van der Waals surface area contributed by atoms with Gasteiger partial charge in [-0.25, -0.2) is 4.98 Å². The zero-order valence-electron chi connectivity index (χ0n) is 14.5. The van der Waals surface area contributed by atoms with E-state index in [4.69, 9.17) is 10.5 Å². The summed E-state index contributed by atoms with van der Waals surface area (Å²) in [5.41, 5.74) is 5.24. The maximum Gasteiger partial charge on any atom is 0.254 e. The van der Waals surface area contributed by atoms with Crippen molar-refractivity contribution < 1.29 is 14.6 Å². The molecule has 1 heterocycles. The van der Waals surface area contributed by atoms with Crippen LogP contribution in [0.2, 0.25) is 0 Å². The lowest BCUT2D eigenvalue weighted by Gasteiger charge is -2.28. The van der Waals surface area contributed by atoms with Crippen molar-refractivity contribution in [2.45, 2.75) is 57.2 Å². The largest absolute Gasteiger partial charge is 0.393 e. The molecular weight excluding hydrogens is 310 g/mol. The van der Waals surface area contributed by atoms with E-state index >= 15 is 0 Å². The van der Waals surface area contributed by atoms with Gasteiger partial charge >= 0.3 is 0 Å². The van der Waals surface area contributed by atoms with Crippen molar-refractivity contribution in [2.24, 2.45) is 5.73 Å². The lowest BCUT2D eigenvalue weighted by molar-refractivity contribution is 0.1000. The van der Waals surface area contributed by atoms with Crippen LogP contribution in [0.15, 0.2) is 6.20 Å². The summed E-state index contributed by atoms with van der Waals surface area (Å²) >= 11 is 0. The number of nitrogens with zero attached hydrogens (tertiary/aromatic N) is 2. The Bertz CT molecular complexity index is 571. The lowest BCUT2D eigenvalue weighted by Crippen LogP contribution is -2.37. The van der Waals surface area contributed by atoms with Crippen LogP contribution in [0.25, 0.3) is 0 Å². The number of methoxy groups -OCH3 is 1. The molecule has 8 heteroatoms. The van der Waals surface area contributed by atoms with Crippen LogP contribution in [0.3, 0.4) is 0 Å². The van der Waals surface area contributed by atoms with Crippen LogP contribution in [0.5, 0.6) is 0 Å². The minimum Gasteiger partial charge on any atom is -0.393 e. The van der Waals surface area contributed by atoms with Crippen LogP contribution in [0.1, 0.15) is 49.9 Å². The Kier molecular flexibility index (Phi) is 5.95. The number of aliphatic hydroxyl groups is 1. The minimum atomic E-state index is -0.585. The Morgan fingerprint density at radius 1 is 1.42 bits per heavy atom. The molecular formula is C16H27N5O3. The van der Waals surface area contributed by atoms with Crippen molar-refractivity contribution in [1.29, 1.82) is 0 Å². The van der Waals surface area contributed by atoms with Crippen molar-refractivity contribution in [3.05, 3.63) is 11.8 Å². The summed E-state index contributed by atoms with van der Waals surface area (Å²) < 4.78 is 5.18. The van der Waals surface area contributed by atoms with Crippen molar-refractivity contribution in [1.82, 2.24) is 9.97 Å². The molecule has 5 N–H and O–H groups in total. The molecule has 1 aromatic heterocycles. The van der Waals surface area contributed by atoms with E-state index in [2.05, 4.69) is 20.6 Å². The predicted octanol–water partition coefficient (Wildman–Crippen LogP) is 1.13. The third-order valence-electron chi connectivity index (χ3n) is 4.05. The van der Waals surface area contributed by atoms with E-state index in [1.807, 2.05) is 13.8 Å². The van der Waals surface area contributed by atoms with E-state index in [1.165, 1.54) is 6.20 Å². The molecule has 8 nitrogen and oxygen atoms in total. The summed E-state index contributed by atoms with van der Waals surface area (Å²) in [6.45, 7) is 4.33. The van der Waals surface area contributed by atoms with Crippen LogP contribution in [0, 0.1) is 0 Å². The number of aliphatic hydroxyl groups excluding tert-OH is 1. The fraction of sp³-hybridized carbons (Fsp3) is 0.688. The molecule has 2 rings (SSSR count). The van der Waals surface area contributed by atoms with Crippen molar-refractivity contribution in [3.63, 3.8) is 0 Å². The first-order chi connectivity index (χ1) is 11.3. The molecule has 0 saturated heterocycles. The second-order valence-corrected chi connectivity index (χ2v) is 6.91. The number of nitrogens with two attached hydrogens (primary N) is 1. The van der Waals surface area contributed by atoms with Gasteiger partial charge in [-0.15, -0.1) is 0 Å². The highest BCUT2D eigenvalue weighted by molar-refractivity contribution is 5.97. The van der Waals surface area contributed by atoms with Gasteiger partial charge in [0.25, 0.3) is 5.91 Å². The van der Waals surface area contributed by atoms with Gasteiger partial charge in [-0.2, -0.15) is 4.98 Å². The number of carbonyl (C=O) groups is 1. The number of hydrogen-bond acceptors (Lipinski definition) is 7. The average molecular weight is 337 g/mol. The second-order valence-electron chi connectivity index (χ2n) is 6.91. The summed E-state index contributed by atoms with van der Waals surface area (Å²) in [5, 5.41) is 16.0. The van der Waals surface area contributed by atoms with E-state index in [1.54, 1.807) is 7.11 Å².